The molecule has 23 heavy (non-hydrogen) atoms. The number of rotatable bonds is 3. The van der Waals surface area contributed by atoms with Crippen molar-refractivity contribution >= 4 is 55.0 Å². The van der Waals surface area contributed by atoms with Crippen molar-refractivity contribution in [3.05, 3.63) is 56.4 Å². The van der Waals surface area contributed by atoms with Gasteiger partial charge in [0, 0.05) is 16.4 Å². The molecule has 4 rings (SSSR count). The van der Waals surface area contributed by atoms with Crippen molar-refractivity contribution < 1.29 is 0 Å². The van der Waals surface area contributed by atoms with Crippen LogP contribution < -0.4 is 5.56 Å². The lowest BCUT2D eigenvalue weighted by molar-refractivity contribution is 0.860. The first-order valence-electron chi connectivity index (χ1n) is 6.84. The molecule has 1 aromatic carbocycles. The highest BCUT2D eigenvalue weighted by atomic mass is 79.9. The summed E-state index contributed by atoms with van der Waals surface area (Å²) in [5, 5.41) is 10.4. The highest BCUT2D eigenvalue weighted by molar-refractivity contribution is 9.10. The van der Waals surface area contributed by atoms with Crippen molar-refractivity contribution in [3.8, 4) is 0 Å². The van der Waals surface area contributed by atoms with E-state index in [-0.39, 0.29) is 5.56 Å². The molecule has 0 unspecified atom stereocenters. The van der Waals surface area contributed by atoms with Crippen LogP contribution in [0.2, 0.25) is 0 Å². The highest BCUT2D eigenvalue weighted by Gasteiger charge is 2.15. The molecular weight excluding hydrogens is 396 g/mol. The predicted octanol–water partition coefficient (Wildman–Crippen LogP) is 3.70. The summed E-state index contributed by atoms with van der Waals surface area (Å²) in [6.07, 6.45) is 0. The van der Waals surface area contributed by atoms with Crippen molar-refractivity contribution in [2.45, 2.75) is 10.6 Å². The first-order valence-corrected chi connectivity index (χ1v) is 9.49. The second-order valence-electron chi connectivity index (χ2n) is 5.00. The summed E-state index contributed by atoms with van der Waals surface area (Å²) in [7, 11) is 1.73. The number of hydrogen-bond donors (Lipinski definition) is 0. The number of aromatic nitrogens is 4. The van der Waals surface area contributed by atoms with Gasteiger partial charge in [0.05, 0.1) is 11.3 Å². The largest absolute Gasteiger partial charge is 0.279 e. The SMILES string of the molecule is Cn1c(=O)c2sccc2n2c(CSc3cccc(Br)c3)nnc12. The number of aryl methyl sites for hydroxylation is 1. The summed E-state index contributed by atoms with van der Waals surface area (Å²) in [5.74, 6) is 2.09. The van der Waals surface area contributed by atoms with Crippen molar-refractivity contribution in [3.63, 3.8) is 0 Å². The van der Waals surface area contributed by atoms with Crippen LogP contribution >= 0.6 is 39.0 Å². The zero-order valence-electron chi connectivity index (χ0n) is 12.1. The summed E-state index contributed by atoms with van der Waals surface area (Å²) in [5.41, 5.74) is 0.851. The minimum Gasteiger partial charge on any atom is -0.279 e. The standard InChI is InChI=1S/C15H11BrN4OS2/c1-19-14(21)13-11(5-6-22-13)20-12(17-18-15(19)20)8-23-10-4-2-3-9(16)7-10/h2-7H,8H2,1H3. The number of benzene rings is 1. The molecule has 0 aliphatic heterocycles. The summed E-state index contributed by atoms with van der Waals surface area (Å²) in [6.45, 7) is 0. The zero-order valence-corrected chi connectivity index (χ0v) is 15.3. The van der Waals surface area contributed by atoms with Gasteiger partial charge >= 0.3 is 0 Å². The van der Waals surface area contributed by atoms with Crippen LogP contribution in [0.25, 0.3) is 16.0 Å². The van der Waals surface area contributed by atoms with Crippen molar-refractivity contribution in [2.75, 3.05) is 0 Å². The molecule has 0 fully saturated rings. The molecule has 3 aromatic heterocycles. The first-order chi connectivity index (χ1) is 11.1. The first kappa shape index (κ1) is 14.9. The van der Waals surface area contributed by atoms with E-state index < -0.39 is 0 Å². The molecule has 116 valence electrons. The molecule has 3 heterocycles. The van der Waals surface area contributed by atoms with Crippen molar-refractivity contribution in [2.24, 2.45) is 7.05 Å². The van der Waals surface area contributed by atoms with Gasteiger partial charge in [-0.25, -0.2) is 0 Å². The minimum absolute atomic E-state index is 0.0268. The van der Waals surface area contributed by atoms with Gasteiger partial charge in [0.25, 0.3) is 5.56 Å². The van der Waals surface area contributed by atoms with Gasteiger partial charge in [0.2, 0.25) is 5.78 Å². The summed E-state index contributed by atoms with van der Waals surface area (Å²) < 4.78 is 5.31. The molecule has 0 saturated heterocycles. The molecular formula is C15H11BrN4OS2. The maximum atomic E-state index is 12.3. The lowest BCUT2D eigenvalue weighted by Gasteiger charge is -2.05. The fourth-order valence-electron chi connectivity index (χ4n) is 2.45. The van der Waals surface area contributed by atoms with E-state index in [9.17, 15) is 4.79 Å². The van der Waals surface area contributed by atoms with Gasteiger partial charge in [0.15, 0.2) is 0 Å². The van der Waals surface area contributed by atoms with Gasteiger partial charge in [-0.1, -0.05) is 22.0 Å². The molecule has 0 aliphatic carbocycles. The molecule has 5 nitrogen and oxygen atoms in total. The maximum absolute atomic E-state index is 12.3. The van der Waals surface area contributed by atoms with Crippen LogP contribution in [0.1, 0.15) is 5.82 Å². The van der Waals surface area contributed by atoms with Gasteiger partial charge < -0.3 is 0 Å². The third kappa shape index (κ3) is 2.50. The second-order valence-corrected chi connectivity index (χ2v) is 7.88. The van der Waals surface area contributed by atoms with Gasteiger partial charge in [-0.15, -0.1) is 33.3 Å². The van der Waals surface area contributed by atoms with Crippen LogP contribution in [-0.4, -0.2) is 19.2 Å². The molecule has 0 saturated carbocycles. The Kier molecular flexibility index (Phi) is 3.74. The topological polar surface area (TPSA) is 52.2 Å². The fourth-order valence-corrected chi connectivity index (χ4v) is 4.72. The van der Waals surface area contributed by atoms with E-state index in [2.05, 4.69) is 38.3 Å². The molecule has 0 atom stereocenters. The Morgan fingerprint density at radius 1 is 1.30 bits per heavy atom. The van der Waals surface area contributed by atoms with Crippen molar-refractivity contribution in [1.29, 1.82) is 0 Å². The molecule has 0 N–H and O–H groups in total. The molecule has 0 aliphatic rings. The number of thiophene rings is 1. The Hall–Kier alpha value is -1.64. The number of halogens is 1. The fraction of sp³-hybridized carbons (Fsp3) is 0.133. The van der Waals surface area contributed by atoms with Gasteiger partial charge in [-0.2, -0.15) is 0 Å². The number of thioether (sulfide) groups is 1. The molecule has 0 amide bonds. The van der Waals surface area contributed by atoms with Gasteiger partial charge in [-0.3, -0.25) is 13.8 Å². The Morgan fingerprint density at radius 3 is 3.00 bits per heavy atom. The third-order valence-electron chi connectivity index (χ3n) is 3.56. The van der Waals surface area contributed by atoms with E-state index in [1.807, 2.05) is 28.0 Å². The summed E-state index contributed by atoms with van der Waals surface area (Å²) in [4.78, 5) is 13.5. The van der Waals surface area contributed by atoms with Gasteiger partial charge in [0.1, 0.15) is 10.5 Å². The van der Waals surface area contributed by atoms with Gasteiger partial charge in [-0.05, 0) is 29.6 Å². The molecule has 4 aromatic rings. The molecule has 0 bridgehead atoms. The van der Waals surface area contributed by atoms with E-state index >= 15 is 0 Å². The maximum Gasteiger partial charge on any atom is 0.272 e. The predicted molar refractivity (Wildman–Crippen MR) is 97.3 cm³/mol. The Bertz CT molecular complexity index is 1080. The Balaban J connectivity index is 1.80. The quantitative estimate of drug-likeness (QED) is 0.486. The van der Waals surface area contributed by atoms with E-state index in [1.165, 1.54) is 11.3 Å². The van der Waals surface area contributed by atoms with Crippen molar-refractivity contribution in [1.82, 2.24) is 19.2 Å². The normalized spacial score (nSPS) is 11.6. The summed E-state index contributed by atoms with van der Waals surface area (Å²) >= 11 is 6.62. The average molecular weight is 407 g/mol. The van der Waals surface area contributed by atoms with E-state index in [1.54, 1.807) is 23.4 Å². The van der Waals surface area contributed by atoms with Crippen LogP contribution in [-0.2, 0) is 12.8 Å². The average Bonchev–Trinajstić information content (AvgIpc) is 3.17. The van der Waals surface area contributed by atoms with Crippen LogP contribution in [0.5, 0.6) is 0 Å². The number of fused-ring (bicyclic) bond motifs is 3. The van der Waals surface area contributed by atoms with E-state index in [0.29, 0.717) is 11.5 Å². The Labute approximate surface area is 148 Å². The lowest BCUT2D eigenvalue weighted by atomic mass is 10.4. The van der Waals surface area contributed by atoms with Crippen LogP contribution in [0.3, 0.4) is 0 Å². The molecule has 8 heteroatoms. The molecule has 0 radical (unpaired) electrons. The van der Waals surface area contributed by atoms with Crippen LogP contribution in [0, 0.1) is 0 Å². The van der Waals surface area contributed by atoms with Crippen LogP contribution in [0.4, 0.5) is 0 Å². The van der Waals surface area contributed by atoms with Crippen LogP contribution in [0.15, 0.2) is 49.9 Å². The second kappa shape index (κ2) is 5.77. The summed E-state index contributed by atoms with van der Waals surface area (Å²) in [6, 6.07) is 10.1. The minimum atomic E-state index is -0.0268. The monoisotopic (exact) mass is 406 g/mol. The number of nitrogens with zero attached hydrogens (tertiary/aromatic N) is 4. The van der Waals surface area contributed by atoms with E-state index in [4.69, 9.17) is 0 Å². The third-order valence-corrected chi connectivity index (χ3v) is 5.94. The number of hydrogen-bond acceptors (Lipinski definition) is 5. The highest BCUT2D eigenvalue weighted by Crippen LogP contribution is 2.26. The van der Waals surface area contributed by atoms with E-state index in [0.717, 1.165) is 25.4 Å². The zero-order chi connectivity index (χ0) is 16.0. The molecule has 0 spiro atoms. The Morgan fingerprint density at radius 2 is 2.17 bits per heavy atom. The lowest BCUT2D eigenvalue weighted by Crippen LogP contribution is -2.19. The smallest absolute Gasteiger partial charge is 0.272 e.